The van der Waals surface area contributed by atoms with Gasteiger partial charge in [0.05, 0.1) is 6.61 Å². The van der Waals surface area contributed by atoms with E-state index in [-0.39, 0.29) is 0 Å². The van der Waals surface area contributed by atoms with E-state index in [2.05, 4.69) is 47.9 Å². The van der Waals surface area contributed by atoms with Gasteiger partial charge in [0, 0.05) is 31.8 Å². The SMILES string of the molecule is CCCC(CC)Nc1nc(C)nc(N(CC)CCOC)c1C. The Morgan fingerprint density at radius 2 is 1.91 bits per heavy atom. The fourth-order valence-corrected chi connectivity index (χ4v) is 2.60. The third kappa shape index (κ3) is 5.13. The van der Waals surface area contributed by atoms with Crippen molar-refractivity contribution in [3.8, 4) is 0 Å². The molecular formula is C17H32N4O. The van der Waals surface area contributed by atoms with Crippen molar-refractivity contribution in [1.29, 1.82) is 0 Å². The van der Waals surface area contributed by atoms with Crippen LogP contribution in [0, 0.1) is 13.8 Å². The van der Waals surface area contributed by atoms with Crippen LogP contribution in [0.2, 0.25) is 0 Å². The van der Waals surface area contributed by atoms with Crippen LogP contribution in [-0.4, -0.2) is 42.8 Å². The van der Waals surface area contributed by atoms with Gasteiger partial charge in [-0.2, -0.15) is 0 Å². The Morgan fingerprint density at radius 1 is 1.18 bits per heavy atom. The molecule has 1 unspecified atom stereocenters. The molecule has 1 aromatic rings. The minimum atomic E-state index is 0.472. The Kier molecular flexibility index (Phi) is 8.17. The van der Waals surface area contributed by atoms with E-state index >= 15 is 0 Å². The number of hydrogen-bond acceptors (Lipinski definition) is 5. The number of hydrogen-bond donors (Lipinski definition) is 1. The molecule has 5 nitrogen and oxygen atoms in total. The lowest BCUT2D eigenvalue weighted by Gasteiger charge is -2.26. The highest BCUT2D eigenvalue weighted by Gasteiger charge is 2.16. The Hall–Kier alpha value is -1.36. The van der Waals surface area contributed by atoms with Gasteiger partial charge in [-0.15, -0.1) is 0 Å². The second-order valence-corrected chi connectivity index (χ2v) is 5.68. The summed E-state index contributed by atoms with van der Waals surface area (Å²) in [6, 6.07) is 0.472. The zero-order valence-corrected chi connectivity index (χ0v) is 15.1. The molecule has 0 aliphatic rings. The van der Waals surface area contributed by atoms with Crippen LogP contribution in [0.15, 0.2) is 0 Å². The molecule has 0 saturated carbocycles. The second kappa shape index (κ2) is 9.62. The largest absolute Gasteiger partial charge is 0.383 e. The van der Waals surface area contributed by atoms with Crippen LogP contribution in [0.5, 0.6) is 0 Å². The summed E-state index contributed by atoms with van der Waals surface area (Å²) in [6.45, 7) is 13.1. The first-order chi connectivity index (χ1) is 10.6. The molecule has 0 aliphatic carbocycles. The van der Waals surface area contributed by atoms with Crippen LogP contribution in [0.25, 0.3) is 0 Å². The number of methoxy groups -OCH3 is 1. The molecular weight excluding hydrogens is 276 g/mol. The normalized spacial score (nSPS) is 12.3. The van der Waals surface area contributed by atoms with Gasteiger partial charge in [-0.05, 0) is 33.6 Å². The molecule has 0 radical (unpaired) electrons. The van der Waals surface area contributed by atoms with E-state index < -0.39 is 0 Å². The highest BCUT2D eigenvalue weighted by atomic mass is 16.5. The van der Waals surface area contributed by atoms with Crippen molar-refractivity contribution in [2.75, 3.05) is 37.0 Å². The molecule has 0 aliphatic heterocycles. The van der Waals surface area contributed by atoms with Crippen molar-refractivity contribution in [2.24, 2.45) is 0 Å². The molecule has 22 heavy (non-hydrogen) atoms. The van der Waals surface area contributed by atoms with Crippen LogP contribution in [-0.2, 0) is 4.74 Å². The monoisotopic (exact) mass is 308 g/mol. The summed E-state index contributed by atoms with van der Waals surface area (Å²) in [5, 5.41) is 3.61. The first kappa shape index (κ1) is 18.7. The maximum absolute atomic E-state index is 5.21. The zero-order valence-electron chi connectivity index (χ0n) is 15.1. The van der Waals surface area contributed by atoms with Gasteiger partial charge in [-0.3, -0.25) is 0 Å². The lowest BCUT2D eigenvalue weighted by Crippen LogP contribution is -2.29. The topological polar surface area (TPSA) is 50.3 Å². The van der Waals surface area contributed by atoms with Crippen molar-refractivity contribution in [2.45, 2.75) is 59.9 Å². The molecule has 0 aromatic carbocycles. The summed E-state index contributed by atoms with van der Waals surface area (Å²) in [7, 11) is 1.73. The van der Waals surface area contributed by atoms with Gasteiger partial charge in [0.1, 0.15) is 17.5 Å². The van der Waals surface area contributed by atoms with Crippen LogP contribution in [0.4, 0.5) is 11.6 Å². The fourth-order valence-electron chi connectivity index (χ4n) is 2.60. The molecule has 0 saturated heterocycles. The molecule has 1 rings (SSSR count). The van der Waals surface area contributed by atoms with Crippen molar-refractivity contribution in [3.05, 3.63) is 11.4 Å². The van der Waals surface area contributed by atoms with Gasteiger partial charge in [0.25, 0.3) is 0 Å². The molecule has 1 aromatic heterocycles. The van der Waals surface area contributed by atoms with E-state index in [1.54, 1.807) is 7.11 Å². The van der Waals surface area contributed by atoms with Crippen molar-refractivity contribution in [3.63, 3.8) is 0 Å². The van der Waals surface area contributed by atoms with Crippen LogP contribution >= 0.6 is 0 Å². The van der Waals surface area contributed by atoms with Gasteiger partial charge in [-0.25, -0.2) is 9.97 Å². The number of ether oxygens (including phenoxy) is 1. The van der Waals surface area contributed by atoms with E-state index in [1.165, 1.54) is 6.42 Å². The predicted octanol–water partition coefficient (Wildman–Crippen LogP) is 3.56. The first-order valence-electron chi connectivity index (χ1n) is 8.42. The summed E-state index contributed by atoms with van der Waals surface area (Å²) in [4.78, 5) is 11.5. The third-order valence-corrected chi connectivity index (χ3v) is 3.95. The lowest BCUT2D eigenvalue weighted by molar-refractivity contribution is 0.205. The highest BCUT2D eigenvalue weighted by Crippen LogP contribution is 2.25. The number of aryl methyl sites for hydroxylation is 1. The van der Waals surface area contributed by atoms with Gasteiger partial charge < -0.3 is 15.0 Å². The average molecular weight is 308 g/mol. The number of nitrogens with one attached hydrogen (secondary N) is 1. The van der Waals surface area contributed by atoms with Crippen LogP contribution in [0.3, 0.4) is 0 Å². The molecule has 5 heteroatoms. The fraction of sp³-hybridized carbons (Fsp3) is 0.765. The number of rotatable bonds is 10. The van der Waals surface area contributed by atoms with E-state index in [9.17, 15) is 0 Å². The van der Waals surface area contributed by atoms with Crippen molar-refractivity contribution < 1.29 is 4.74 Å². The molecule has 1 N–H and O–H groups in total. The summed E-state index contributed by atoms with van der Waals surface area (Å²) in [5.41, 5.74) is 1.12. The molecule has 0 fully saturated rings. The summed E-state index contributed by atoms with van der Waals surface area (Å²) in [6.07, 6.45) is 3.44. The summed E-state index contributed by atoms with van der Waals surface area (Å²) < 4.78 is 5.21. The number of nitrogens with zero attached hydrogens (tertiary/aromatic N) is 3. The van der Waals surface area contributed by atoms with Gasteiger partial charge >= 0.3 is 0 Å². The van der Waals surface area contributed by atoms with Crippen LogP contribution in [0.1, 0.15) is 51.4 Å². The Labute approximate surface area is 135 Å². The van der Waals surface area contributed by atoms with E-state index in [4.69, 9.17) is 4.74 Å². The first-order valence-corrected chi connectivity index (χ1v) is 8.42. The minimum Gasteiger partial charge on any atom is -0.383 e. The minimum absolute atomic E-state index is 0.472. The van der Waals surface area contributed by atoms with Gasteiger partial charge in [0.2, 0.25) is 0 Å². The molecule has 1 heterocycles. The summed E-state index contributed by atoms with van der Waals surface area (Å²) in [5.74, 6) is 2.80. The Morgan fingerprint density at radius 3 is 2.45 bits per heavy atom. The number of aromatic nitrogens is 2. The number of anilines is 2. The van der Waals surface area contributed by atoms with Crippen LogP contribution < -0.4 is 10.2 Å². The molecule has 126 valence electrons. The highest BCUT2D eigenvalue weighted by molar-refractivity contribution is 5.59. The third-order valence-electron chi connectivity index (χ3n) is 3.95. The number of likely N-dealkylation sites (N-methyl/N-ethyl adjacent to an activating group) is 1. The van der Waals surface area contributed by atoms with Crippen molar-refractivity contribution >= 4 is 11.6 Å². The molecule has 0 bridgehead atoms. The quantitative estimate of drug-likeness (QED) is 0.716. The van der Waals surface area contributed by atoms with Crippen molar-refractivity contribution in [1.82, 2.24) is 9.97 Å². The Bertz CT molecular complexity index is 451. The van der Waals surface area contributed by atoms with E-state index in [1.807, 2.05) is 6.92 Å². The standard InChI is InChI=1S/C17H32N4O/c1-7-10-15(8-2)20-16-13(4)17(19-14(5)18-16)21(9-3)11-12-22-6/h15H,7-12H2,1-6H3,(H,18,19,20). The molecule has 1 atom stereocenters. The maximum Gasteiger partial charge on any atom is 0.137 e. The predicted molar refractivity (Wildman–Crippen MR) is 93.9 cm³/mol. The smallest absolute Gasteiger partial charge is 0.137 e. The average Bonchev–Trinajstić information content (AvgIpc) is 2.51. The van der Waals surface area contributed by atoms with Gasteiger partial charge in [0.15, 0.2) is 0 Å². The summed E-state index contributed by atoms with van der Waals surface area (Å²) >= 11 is 0. The molecule has 0 amide bonds. The maximum atomic E-state index is 5.21. The van der Waals surface area contributed by atoms with Gasteiger partial charge in [-0.1, -0.05) is 20.3 Å². The van der Waals surface area contributed by atoms with E-state index in [0.29, 0.717) is 12.6 Å². The molecule has 0 spiro atoms. The lowest BCUT2D eigenvalue weighted by atomic mass is 10.1. The van der Waals surface area contributed by atoms with E-state index in [0.717, 1.165) is 49.0 Å². The Balaban J connectivity index is 3.04. The second-order valence-electron chi connectivity index (χ2n) is 5.68. The zero-order chi connectivity index (χ0) is 16.5.